The molecule has 0 heterocycles. The fourth-order valence-electron chi connectivity index (χ4n) is 2.52. The molecule has 0 unspecified atom stereocenters. The maximum atomic E-state index is 12.4. The number of carbonyl (C=O) groups excluding carboxylic acids is 1. The Morgan fingerprint density at radius 2 is 2.16 bits per heavy atom. The standard InChI is InChI=1S/C14H16ClN3O/c15-11-7-10(8-16)3-4-12(11)18-13(19)14(9-17)5-1-2-6-14/h3-4,7H,1-2,5-6,9,17H2,(H,18,19). The molecule has 100 valence electrons. The Morgan fingerprint density at radius 3 is 2.68 bits per heavy atom. The molecule has 1 fully saturated rings. The third-order valence-electron chi connectivity index (χ3n) is 3.78. The predicted octanol–water partition coefficient (Wildman–Crippen LogP) is 2.67. The number of nitriles is 1. The van der Waals surface area contributed by atoms with Crippen molar-refractivity contribution in [3.05, 3.63) is 28.8 Å². The number of nitrogens with zero attached hydrogens (tertiary/aromatic N) is 1. The number of carbonyl (C=O) groups is 1. The molecule has 1 aliphatic rings. The van der Waals surface area contributed by atoms with Gasteiger partial charge in [-0.05, 0) is 31.0 Å². The summed E-state index contributed by atoms with van der Waals surface area (Å²) in [5.41, 5.74) is 6.31. The first-order valence-electron chi connectivity index (χ1n) is 6.32. The molecule has 5 heteroatoms. The highest BCUT2D eigenvalue weighted by atomic mass is 35.5. The monoisotopic (exact) mass is 277 g/mol. The van der Waals surface area contributed by atoms with Crippen molar-refractivity contribution in [3.8, 4) is 6.07 Å². The van der Waals surface area contributed by atoms with Gasteiger partial charge in [-0.1, -0.05) is 24.4 Å². The molecule has 3 N–H and O–H groups in total. The van der Waals surface area contributed by atoms with Crippen molar-refractivity contribution in [1.29, 1.82) is 5.26 Å². The van der Waals surface area contributed by atoms with E-state index in [1.807, 2.05) is 6.07 Å². The van der Waals surface area contributed by atoms with Crippen molar-refractivity contribution in [1.82, 2.24) is 0 Å². The molecule has 0 aliphatic heterocycles. The minimum atomic E-state index is -0.461. The van der Waals surface area contributed by atoms with Gasteiger partial charge in [0.05, 0.1) is 27.8 Å². The average Bonchev–Trinajstić information content (AvgIpc) is 2.91. The Labute approximate surface area is 117 Å². The van der Waals surface area contributed by atoms with Crippen LogP contribution in [0.2, 0.25) is 5.02 Å². The van der Waals surface area contributed by atoms with Crippen LogP contribution in [-0.2, 0) is 4.79 Å². The van der Waals surface area contributed by atoms with Crippen LogP contribution in [0, 0.1) is 16.7 Å². The molecule has 1 amide bonds. The average molecular weight is 278 g/mol. The Morgan fingerprint density at radius 1 is 1.47 bits per heavy atom. The molecule has 1 aromatic rings. The SMILES string of the molecule is N#Cc1ccc(NC(=O)C2(CN)CCCC2)c(Cl)c1. The maximum absolute atomic E-state index is 12.4. The first-order valence-corrected chi connectivity index (χ1v) is 6.70. The molecular formula is C14H16ClN3O. The minimum Gasteiger partial charge on any atom is -0.329 e. The van der Waals surface area contributed by atoms with Crippen molar-refractivity contribution in [2.75, 3.05) is 11.9 Å². The first kappa shape index (κ1) is 13.9. The molecule has 1 aliphatic carbocycles. The summed E-state index contributed by atoms with van der Waals surface area (Å²) in [6.45, 7) is 0.354. The third-order valence-corrected chi connectivity index (χ3v) is 4.09. The van der Waals surface area contributed by atoms with Gasteiger partial charge in [0.15, 0.2) is 0 Å². The van der Waals surface area contributed by atoms with E-state index in [1.165, 1.54) is 0 Å². The number of hydrogen-bond acceptors (Lipinski definition) is 3. The maximum Gasteiger partial charge on any atom is 0.231 e. The molecule has 0 bridgehead atoms. The van der Waals surface area contributed by atoms with Crippen LogP contribution in [-0.4, -0.2) is 12.5 Å². The first-order chi connectivity index (χ1) is 9.11. The van der Waals surface area contributed by atoms with Gasteiger partial charge in [-0.15, -0.1) is 0 Å². The largest absolute Gasteiger partial charge is 0.329 e. The summed E-state index contributed by atoms with van der Waals surface area (Å²) in [5.74, 6) is -0.0703. The van der Waals surface area contributed by atoms with Gasteiger partial charge in [0.2, 0.25) is 5.91 Å². The van der Waals surface area contributed by atoms with E-state index in [9.17, 15) is 4.79 Å². The highest BCUT2D eigenvalue weighted by Gasteiger charge is 2.39. The van der Waals surface area contributed by atoms with Gasteiger partial charge in [0, 0.05) is 6.54 Å². The van der Waals surface area contributed by atoms with Crippen LogP contribution >= 0.6 is 11.6 Å². The summed E-state index contributed by atoms with van der Waals surface area (Å²) in [7, 11) is 0. The third kappa shape index (κ3) is 2.73. The number of halogens is 1. The summed E-state index contributed by atoms with van der Waals surface area (Å²) >= 11 is 6.05. The summed E-state index contributed by atoms with van der Waals surface area (Å²) in [6, 6.07) is 6.83. The van der Waals surface area contributed by atoms with Crippen LogP contribution in [0.5, 0.6) is 0 Å². The zero-order valence-corrected chi connectivity index (χ0v) is 11.3. The van der Waals surface area contributed by atoms with Crippen LogP contribution in [0.4, 0.5) is 5.69 Å². The van der Waals surface area contributed by atoms with E-state index in [4.69, 9.17) is 22.6 Å². The smallest absolute Gasteiger partial charge is 0.231 e. The van der Waals surface area contributed by atoms with Crippen LogP contribution in [0.15, 0.2) is 18.2 Å². The molecule has 0 atom stereocenters. The fourth-order valence-corrected chi connectivity index (χ4v) is 2.74. The molecule has 4 nitrogen and oxygen atoms in total. The van der Waals surface area contributed by atoms with E-state index < -0.39 is 5.41 Å². The van der Waals surface area contributed by atoms with E-state index >= 15 is 0 Å². The van der Waals surface area contributed by atoms with Gasteiger partial charge in [-0.2, -0.15) is 5.26 Å². The number of nitrogens with one attached hydrogen (secondary N) is 1. The van der Waals surface area contributed by atoms with E-state index in [0.717, 1.165) is 25.7 Å². The lowest BCUT2D eigenvalue weighted by molar-refractivity contribution is -0.124. The van der Waals surface area contributed by atoms with Gasteiger partial charge in [-0.3, -0.25) is 4.79 Å². The second-order valence-corrected chi connectivity index (χ2v) is 5.36. The van der Waals surface area contributed by atoms with Crippen molar-refractivity contribution in [2.24, 2.45) is 11.1 Å². The lowest BCUT2D eigenvalue weighted by Crippen LogP contribution is -2.40. The number of benzene rings is 1. The molecule has 0 aromatic heterocycles. The van der Waals surface area contributed by atoms with Gasteiger partial charge in [0.25, 0.3) is 0 Å². The van der Waals surface area contributed by atoms with Crippen LogP contribution in [0.3, 0.4) is 0 Å². The molecular weight excluding hydrogens is 262 g/mol. The second kappa shape index (κ2) is 5.60. The summed E-state index contributed by atoms with van der Waals surface area (Å²) in [4.78, 5) is 12.4. The highest BCUT2D eigenvalue weighted by Crippen LogP contribution is 2.38. The molecule has 19 heavy (non-hydrogen) atoms. The zero-order valence-electron chi connectivity index (χ0n) is 10.6. The van der Waals surface area contributed by atoms with E-state index in [0.29, 0.717) is 22.8 Å². The van der Waals surface area contributed by atoms with Gasteiger partial charge in [-0.25, -0.2) is 0 Å². The van der Waals surface area contributed by atoms with Crippen LogP contribution in [0.25, 0.3) is 0 Å². The summed E-state index contributed by atoms with van der Waals surface area (Å²) < 4.78 is 0. The predicted molar refractivity (Wildman–Crippen MR) is 74.8 cm³/mol. The van der Waals surface area contributed by atoms with Crippen molar-refractivity contribution >= 4 is 23.2 Å². The lowest BCUT2D eigenvalue weighted by atomic mass is 9.85. The molecule has 1 aromatic carbocycles. The normalized spacial score (nSPS) is 16.9. The van der Waals surface area contributed by atoms with Crippen molar-refractivity contribution in [3.63, 3.8) is 0 Å². The Hall–Kier alpha value is -1.57. The molecule has 0 saturated heterocycles. The van der Waals surface area contributed by atoms with E-state index in [2.05, 4.69) is 5.32 Å². The van der Waals surface area contributed by atoms with Crippen molar-refractivity contribution in [2.45, 2.75) is 25.7 Å². The second-order valence-electron chi connectivity index (χ2n) is 4.95. The van der Waals surface area contributed by atoms with Crippen LogP contribution in [0.1, 0.15) is 31.2 Å². The van der Waals surface area contributed by atoms with Gasteiger partial charge < -0.3 is 11.1 Å². The lowest BCUT2D eigenvalue weighted by Gasteiger charge is -2.26. The quantitative estimate of drug-likeness (QED) is 0.891. The molecule has 0 spiro atoms. The summed E-state index contributed by atoms with van der Waals surface area (Å²) in [5, 5.41) is 12.0. The molecule has 1 saturated carbocycles. The van der Waals surface area contributed by atoms with Crippen LogP contribution < -0.4 is 11.1 Å². The van der Waals surface area contributed by atoms with Crippen molar-refractivity contribution < 1.29 is 4.79 Å². The Kier molecular flexibility index (Phi) is 4.08. The van der Waals surface area contributed by atoms with E-state index in [-0.39, 0.29) is 5.91 Å². The summed E-state index contributed by atoms with van der Waals surface area (Å²) in [6.07, 6.45) is 3.71. The highest BCUT2D eigenvalue weighted by molar-refractivity contribution is 6.33. The fraction of sp³-hybridized carbons (Fsp3) is 0.429. The zero-order chi connectivity index (χ0) is 13.9. The molecule has 2 rings (SSSR count). The van der Waals surface area contributed by atoms with Gasteiger partial charge in [0.1, 0.15) is 0 Å². The number of rotatable bonds is 3. The Bertz CT molecular complexity index is 530. The number of anilines is 1. The van der Waals surface area contributed by atoms with Gasteiger partial charge >= 0.3 is 0 Å². The molecule has 0 radical (unpaired) electrons. The Balaban J connectivity index is 2.17. The minimum absolute atomic E-state index is 0.0703. The number of nitrogens with two attached hydrogens (primary N) is 1. The van der Waals surface area contributed by atoms with E-state index in [1.54, 1.807) is 18.2 Å². The number of amides is 1. The topological polar surface area (TPSA) is 78.9 Å². The number of hydrogen-bond donors (Lipinski definition) is 2.